The van der Waals surface area contributed by atoms with Crippen molar-refractivity contribution in [2.45, 2.75) is 160 Å². The van der Waals surface area contributed by atoms with Gasteiger partial charge in [-0.15, -0.1) is 0 Å². The number of aliphatic hydroxyl groups excluding tert-OH is 2. The highest BCUT2D eigenvalue weighted by Crippen LogP contribution is 2.39. The number of methoxy groups -OCH3 is 3. The highest BCUT2D eigenvalue weighted by Gasteiger charge is 2.56. The number of allylic oxidation sites excluding steroid dienone is 4. The van der Waals surface area contributed by atoms with E-state index in [4.69, 9.17) is 23.7 Å². The van der Waals surface area contributed by atoms with Crippen molar-refractivity contribution >= 4 is 35.2 Å². The Balaban J connectivity index is 1.55. The summed E-state index contributed by atoms with van der Waals surface area (Å²) in [5, 5.41) is 37.8. The normalized spacial score (nSPS) is 37.5. The molecular formula is C51H76N2O12. The van der Waals surface area contributed by atoms with Crippen LogP contribution in [0.4, 0.5) is 5.69 Å². The quantitative estimate of drug-likeness (QED) is 0.125. The maximum Gasteiger partial charge on any atom is 0.329 e. The Morgan fingerprint density at radius 2 is 1.57 bits per heavy atom. The lowest BCUT2D eigenvalue weighted by atomic mass is 9.81. The minimum atomic E-state index is -2.53. The Bertz CT molecular complexity index is 1860. The number of aliphatic hydroxyl groups is 3. The lowest BCUT2D eigenvalue weighted by Gasteiger charge is -2.47. The summed E-state index contributed by atoms with van der Waals surface area (Å²) < 4.78 is 30.1. The number of Topliss-reactive ketones (excluding diaryl/α,β-unsaturated/α-hetero) is 2. The zero-order valence-electron chi connectivity index (χ0n) is 40.1. The molecule has 1 aromatic carbocycles. The second-order valence-corrected chi connectivity index (χ2v) is 19.3. The second-order valence-electron chi connectivity index (χ2n) is 19.3. The molecule has 14 heteroatoms. The molecule has 362 valence electrons. The highest BCUT2D eigenvalue weighted by atomic mass is 16.7. The van der Waals surface area contributed by atoms with Crippen LogP contribution >= 0.6 is 0 Å². The number of anilines is 1. The molecule has 0 spiro atoms. The molecule has 5 rings (SSSR count). The first-order chi connectivity index (χ1) is 30.9. The summed E-state index contributed by atoms with van der Waals surface area (Å²) in [6.07, 6.45) is 7.03. The summed E-state index contributed by atoms with van der Waals surface area (Å²) in [7, 11) is 6.49. The molecule has 0 aromatic heterocycles. The number of rotatable bonds is 9. The van der Waals surface area contributed by atoms with Crippen LogP contribution in [0.1, 0.15) is 111 Å². The van der Waals surface area contributed by atoms with E-state index in [1.54, 1.807) is 21.0 Å². The Morgan fingerprint density at radius 1 is 0.892 bits per heavy atom. The van der Waals surface area contributed by atoms with E-state index in [1.807, 2.05) is 69.5 Å². The van der Waals surface area contributed by atoms with E-state index in [0.29, 0.717) is 56.9 Å². The van der Waals surface area contributed by atoms with Gasteiger partial charge in [0.25, 0.3) is 11.7 Å². The number of nitrogens with zero attached hydrogens (tertiary/aromatic N) is 1. The number of esters is 1. The lowest BCUT2D eigenvalue weighted by molar-refractivity contribution is -0.302. The number of cyclic esters (lactones) is 1. The first-order valence-electron chi connectivity index (χ1n) is 23.7. The maximum atomic E-state index is 14.5. The van der Waals surface area contributed by atoms with E-state index in [9.17, 15) is 34.5 Å². The van der Waals surface area contributed by atoms with Crippen molar-refractivity contribution < 1.29 is 58.2 Å². The predicted octanol–water partition coefficient (Wildman–Crippen LogP) is 6.21. The molecule has 2 bridgehead atoms. The van der Waals surface area contributed by atoms with Gasteiger partial charge in [-0.3, -0.25) is 14.4 Å². The summed E-state index contributed by atoms with van der Waals surface area (Å²) in [4.78, 5) is 58.8. The Labute approximate surface area is 386 Å². The van der Waals surface area contributed by atoms with Crippen molar-refractivity contribution in [1.29, 1.82) is 0 Å². The molecule has 3 aliphatic heterocycles. The Kier molecular flexibility index (Phi) is 19.1. The van der Waals surface area contributed by atoms with Gasteiger partial charge >= 0.3 is 5.97 Å². The van der Waals surface area contributed by atoms with Crippen LogP contribution in [0.2, 0.25) is 0 Å². The number of carbonyl (C=O) groups is 4. The number of nitrogens with one attached hydrogen (secondary N) is 1. The van der Waals surface area contributed by atoms with Crippen molar-refractivity contribution in [3.8, 4) is 0 Å². The van der Waals surface area contributed by atoms with E-state index < -0.39 is 83.9 Å². The molecule has 0 unspecified atom stereocenters. The molecule has 1 aromatic rings. The molecule has 65 heavy (non-hydrogen) atoms. The fourth-order valence-corrected chi connectivity index (χ4v) is 10.4. The fraction of sp³-hybridized carbons (Fsp3) is 0.686. The van der Waals surface area contributed by atoms with Gasteiger partial charge in [0.05, 0.1) is 30.5 Å². The number of hydrogen-bond donors (Lipinski definition) is 4. The summed E-state index contributed by atoms with van der Waals surface area (Å²) in [5.41, 5.74) is 3.56. The number of ketones is 2. The molecule has 0 radical (unpaired) electrons. The Hall–Kier alpha value is -3.76. The number of fused-ring (bicyclic) bond motifs is 3. The number of carbonyl (C=O) groups excluding carboxylic acids is 4. The number of hydrogen-bond acceptors (Lipinski definition) is 13. The summed E-state index contributed by atoms with van der Waals surface area (Å²) in [5.74, 6) is -7.90. The predicted molar refractivity (Wildman–Crippen MR) is 247 cm³/mol. The van der Waals surface area contributed by atoms with Gasteiger partial charge in [-0.1, -0.05) is 62.8 Å². The van der Waals surface area contributed by atoms with E-state index in [-0.39, 0.29) is 49.5 Å². The highest BCUT2D eigenvalue weighted by molar-refractivity contribution is 6.39. The molecule has 3 fully saturated rings. The average molecular weight is 909 g/mol. The smallest absolute Gasteiger partial charge is 0.329 e. The lowest BCUT2D eigenvalue weighted by Crippen LogP contribution is -2.64. The number of benzene rings is 1. The van der Waals surface area contributed by atoms with Crippen molar-refractivity contribution in [1.82, 2.24) is 4.90 Å². The van der Waals surface area contributed by atoms with Gasteiger partial charge in [0, 0.05) is 64.8 Å². The first kappa shape index (κ1) is 52.2. The van der Waals surface area contributed by atoms with Gasteiger partial charge in [-0.25, -0.2) is 4.79 Å². The molecule has 1 amide bonds. The topological polar surface area (TPSA) is 190 Å². The van der Waals surface area contributed by atoms with Crippen molar-refractivity contribution in [2.24, 2.45) is 29.6 Å². The monoisotopic (exact) mass is 909 g/mol. The first-order valence-corrected chi connectivity index (χ1v) is 23.7. The third-order valence-electron chi connectivity index (χ3n) is 14.4. The average Bonchev–Trinajstić information content (AvgIpc) is 3.29. The SMILES string of the molecule is CNc1ccc(/C=C/C[C@@H]2/C=C(\C)C[C@H](C)C[C@H](OC)[C@H]3O[C@@](O)(C(=O)C(=O)N4CCCC[C@H]4C(=O)O[C@H](/C(C)=C/[C@@H]4CC[C@@H](O)[C@H](OC)C4)[C@H](C)[C@@H](O)CC2=O)[C@H](C)C[C@@H]3OC)cc1. The largest absolute Gasteiger partial charge is 0.456 e. The minimum absolute atomic E-state index is 0.0156. The van der Waals surface area contributed by atoms with E-state index in [1.165, 1.54) is 19.1 Å². The van der Waals surface area contributed by atoms with E-state index >= 15 is 0 Å². The zero-order valence-corrected chi connectivity index (χ0v) is 40.1. The number of ether oxygens (including phenoxy) is 5. The van der Waals surface area contributed by atoms with Crippen LogP contribution in [-0.2, 0) is 42.9 Å². The van der Waals surface area contributed by atoms with Crippen LogP contribution in [0, 0.1) is 29.6 Å². The van der Waals surface area contributed by atoms with Crippen molar-refractivity contribution in [2.75, 3.05) is 40.2 Å². The fourth-order valence-electron chi connectivity index (χ4n) is 10.4. The van der Waals surface area contributed by atoms with Crippen LogP contribution in [0.25, 0.3) is 6.08 Å². The van der Waals surface area contributed by atoms with Gasteiger partial charge in [0.15, 0.2) is 0 Å². The molecule has 14 nitrogen and oxygen atoms in total. The van der Waals surface area contributed by atoms with Crippen LogP contribution in [0.5, 0.6) is 0 Å². The van der Waals surface area contributed by atoms with Crippen LogP contribution in [0.3, 0.4) is 0 Å². The van der Waals surface area contributed by atoms with Gasteiger partial charge in [-0.2, -0.15) is 0 Å². The molecular weight excluding hydrogens is 833 g/mol. The van der Waals surface area contributed by atoms with Crippen LogP contribution < -0.4 is 5.32 Å². The molecule has 2 saturated heterocycles. The number of amides is 1. The zero-order chi connectivity index (χ0) is 47.6. The third-order valence-corrected chi connectivity index (χ3v) is 14.4. The summed E-state index contributed by atoms with van der Waals surface area (Å²) in [6.45, 7) is 9.31. The number of piperidine rings is 1. The second kappa shape index (κ2) is 23.8. The third kappa shape index (κ3) is 13.0. The van der Waals surface area contributed by atoms with Crippen molar-refractivity contribution in [3.05, 3.63) is 59.2 Å². The van der Waals surface area contributed by atoms with Gasteiger partial charge in [0.1, 0.15) is 24.0 Å². The van der Waals surface area contributed by atoms with Gasteiger partial charge in [-0.05, 0) is 113 Å². The van der Waals surface area contributed by atoms with Crippen LogP contribution in [-0.4, -0.2) is 133 Å². The summed E-state index contributed by atoms with van der Waals surface area (Å²) >= 11 is 0. The molecule has 14 atom stereocenters. The molecule has 4 aliphatic rings. The Morgan fingerprint density at radius 3 is 2.23 bits per heavy atom. The van der Waals surface area contributed by atoms with Crippen molar-refractivity contribution in [3.63, 3.8) is 0 Å². The minimum Gasteiger partial charge on any atom is -0.456 e. The van der Waals surface area contributed by atoms with E-state index in [2.05, 4.69) is 12.2 Å². The van der Waals surface area contributed by atoms with Crippen LogP contribution in [0.15, 0.2) is 53.6 Å². The molecule has 4 N–H and O–H groups in total. The molecule has 1 saturated carbocycles. The standard InChI is InChI=1S/C51H76N2O12/c1-30-23-31(2)25-44(62-8)47-45(63-9)27-33(4)51(60,65-47)48(57)49(58)53-22-11-10-15-39(53)50(59)64-46(32(3)26-36-18-21-40(54)43(28-36)61-7)34(5)41(55)29-42(56)37(24-30)14-12-13-35-16-19-38(52-6)20-17-35/h12-13,16-17,19-20,24,26,31,33-34,36-37,39-41,43-47,52,54-55,60H,10-11,14-15,18,21-23,25,27-29H2,1-9H3/b13-12+,30-24+,32-26+/t31-,33+,34+,36-,37+,39-,40+,41-,43+,44-,45-,46+,47+,51+/m0/s1. The van der Waals surface area contributed by atoms with E-state index in [0.717, 1.165) is 16.8 Å². The molecule has 1 aliphatic carbocycles. The van der Waals surface area contributed by atoms with Gasteiger partial charge < -0.3 is 49.2 Å². The summed E-state index contributed by atoms with van der Waals surface area (Å²) in [6, 6.07) is 6.78. The molecule has 3 heterocycles. The van der Waals surface area contributed by atoms with Gasteiger partial charge in [0.2, 0.25) is 5.79 Å². The maximum absolute atomic E-state index is 14.5.